The van der Waals surface area contributed by atoms with Crippen molar-refractivity contribution in [3.8, 4) is 5.75 Å². The Morgan fingerprint density at radius 1 is 1.02 bits per heavy atom. The summed E-state index contributed by atoms with van der Waals surface area (Å²) in [7, 11) is -4.19. The van der Waals surface area contributed by atoms with Gasteiger partial charge in [-0.15, -0.1) is 0 Å². The molecule has 0 bridgehead atoms. The molecule has 2 amide bonds. The smallest absolute Gasteiger partial charge is 0.244 e. The first-order valence-corrected chi connectivity index (χ1v) is 17.0. The number of aryl methyl sites for hydroxylation is 1. The molecule has 234 valence electrons. The van der Waals surface area contributed by atoms with Crippen LogP contribution in [-0.4, -0.2) is 78.1 Å². The third-order valence-electron chi connectivity index (χ3n) is 8.43. The monoisotopic (exact) mass is 658 g/mol. The fourth-order valence-electron chi connectivity index (χ4n) is 6.18. The zero-order valence-corrected chi connectivity index (χ0v) is 26.4. The summed E-state index contributed by atoms with van der Waals surface area (Å²) in [5.41, 5.74) is 8.20. The van der Waals surface area contributed by atoms with Crippen LogP contribution in [-0.2, 0) is 32.4 Å². The van der Waals surface area contributed by atoms with Gasteiger partial charge in [0.05, 0.1) is 21.8 Å². The molecule has 2 aliphatic heterocycles. The maximum absolute atomic E-state index is 14.2. The number of nitrogens with zero attached hydrogens (tertiary/aromatic N) is 2. The van der Waals surface area contributed by atoms with Gasteiger partial charge in [0.2, 0.25) is 11.8 Å². The van der Waals surface area contributed by atoms with E-state index in [-0.39, 0.29) is 36.0 Å². The highest BCUT2D eigenvalue weighted by Gasteiger charge is 2.46. The van der Waals surface area contributed by atoms with Gasteiger partial charge >= 0.3 is 0 Å². The first-order chi connectivity index (χ1) is 21.0. The van der Waals surface area contributed by atoms with Crippen molar-refractivity contribution in [2.75, 3.05) is 18.8 Å². The van der Waals surface area contributed by atoms with E-state index in [2.05, 4.69) is 22.3 Å². The number of sulfone groups is 1. The predicted molar refractivity (Wildman–Crippen MR) is 170 cm³/mol. The number of hydrogen-bond acceptors (Lipinski definition) is 7. The quantitative estimate of drug-likeness (QED) is 0.302. The molecule has 12 heteroatoms. The van der Waals surface area contributed by atoms with E-state index in [4.69, 9.17) is 28.9 Å². The average molecular weight is 660 g/mol. The summed E-state index contributed by atoms with van der Waals surface area (Å²) in [6.45, 7) is 0.792. The number of para-hydroxylation sites is 1. The van der Waals surface area contributed by atoms with Crippen LogP contribution < -0.4 is 11.1 Å². The third kappa shape index (κ3) is 7.38. The highest BCUT2D eigenvalue weighted by atomic mass is 35.5. The van der Waals surface area contributed by atoms with Crippen LogP contribution in [0.5, 0.6) is 5.75 Å². The van der Waals surface area contributed by atoms with Crippen molar-refractivity contribution in [2.45, 2.75) is 61.3 Å². The Kier molecular flexibility index (Phi) is 10.2. The van der Waals surface area contributed by atoms with Gasteiger partial charge in [-0.1, -0.05) is 71.7 Å². The number of nitrogens with two attached hydrogens (primary N) is 1. The number of nitrogens with one attached hydrogen (secondary N) is 1. The molecular formula is C32H36Cl2N4O5S. The van der Waals surface area contributed by atoms with Gasteiger partial charge in [0.1, 0.15) is 16.7 Å². The first-order valence-electron chi connectivity index (χ1n) is 14.6. The molecule has 3 aromatic rings. The second-order valence-corrected chi connectivity index (χ2v) is 14.3. The number of phenolic OH excluding ortho intramolecular Hbond substituents is 1. The van der Waals surface area contributed by atoms with Crippen LogP contribution in [0.1, 0.15) is 30.4 Å². The first kappa shape index (κ1) is 32.2. The zero-order valence-electron chi connectivity index (χ0n) is 24.1. The zero-order chi connectivity index (χ0) is 31.4. The normalized spacial score (nSPS) is 21.5. The Balaban J connectivity index is 1.43. The summed E-state index contributed by atoms with van der Waals surface area (Å²) < 4.78 is 27.2. The Morgan fingerprint density at radius 3 is 2.48 bits per heavy atom. The molecule has 0 spiro atoms. The fourth-order valence-corrected chi connectivity index (χ4v) is 8.10. The molecular weight excluding hydrogens is 623 g/mol. The highest BCUT2D eigenvalue weighted by molar-refractivity contribution is 7.91. The third-order valence-corrected chi connectivity index (χ3v) is 10.9. The van der Waals surface area contributed by atoms with Crippen molar-refractivity contribution < 1.29 is 23.1 Å². The molecule has 5 rings (SSSR count). The second kappa shape index (κ2) is 13.9. The Morgan fingerprint density at radius 2 is 1.75 bits per heavy atom. The van der Waals surface area contributed by atoms with Gasteiger partial charge in [0.25, 0.3) is 0 Å². The number of carbonyl (C=O) groups excluding carboxylic acids is 2. The lowest BCUT2D eigenvalue weighted by atomic mass is 10.0. The van der Waals surface area contributed by atoms with E-state index in [1.54, 1.807) is 18.2 Å². The van der Waals surface area contributed by atoms with E-state index in [1.165, 1.54) is 34.7 Å². The van der Waals surface area contributed by atoms with Gasteiger partial charge < -0.3 is 21.1 Å². The summed E-state index contributed by atoms with van der Waals surface area (Å²) in [5.74, 6) is -2.06. The number of halogens is 2. The van der Waals surface area contributed by atoms with Crippen LogP contribution in [0, 0.1) is 0 Å². The van der Waals surface area contributed by atoms with E-state index in [0.29, 0.717) is 35.0 Å². The van der Waals surface area contributed by atoms with E-state index in [0.717, 1.165) is 12.8 Å². The van der Waals surface area contributed by atoms with Crippen LogP contribution in [0.4, 0.5) is 0 Å². The van der Waals surface area contributed by atoms with Crippen LogP contribution in [0.25, 0.3) is 0 Å². The van der Waals surface area contributed by atoms with E-state index in [1.807, 2.05) is 18.2 Å². The van der Waals surface area contributed by atoms with Crippen LogP contribution in [0.3, 0.4) is 0 Å². The molecule has 3 aromatic carbocycles. The molecule has 0 aliphatic carbocycles. The molecule has 0 radical (unpaired) electrons. The van der Waals surface area contributed by atoms with Gasteiger partial charge in [-0.2, -0.15) is 0 Å². The summed E-state index contributed by atoms with van der Waals surface area (Å²) in [6, 6.07) is 18.5. The summed E-state index contributed by atoms with van der Waals surface area (Å²) in [5, 5.41) is 13.8. The van der Waals surface area contributed by atoms with Gasteiger partial charge in [0, 0.05) is 31.7 Å². The number of phenols is 1. The lowest BCUT2D eigenvalue weighted by Gasteiger charge is -2.32. The molecule has 2 saturated heterocycles. The Bertz CT molecular complexity index is 1610. The van der Waals surface area contributed by atoms with Gasteiger partial charge in [-0.3, -0.25) is 14.5 Å². The number of amides is 2. The molecule has 4 atom stereocenters. The summed E-state index contributed by atoms with van der Waals surface area (Å²) in [6.07, 6.45) is 2.57. The molecule has 0 saturated carbocycles. The topological polar surface area (TPSA) is 133 Å². The van der Waals surface area contributed by atoms with Crippen molar-refractivity contribution in [1.29, 1.82) is 0 Å². The molecule has 44 heavy (non-hydrogen) atoms. The number of hydrogen-bond donors (Lipinski definition) is 3. The average Bonchev–Trinajstić information content (AvgIpc) is 3.34. The lowest BCUT2D eigenvalue weighted by molar-refractivity contribution is -0.142. The maximum atomic E-state index is 14.2. The minimum absolute atomic E-state index is 0.0254. The largest absolute Gasteiger partial charge is 0.507 e. The minimum atomic E-state index is -4.19. The maximum Gasteiger partial charge on any atom is 0.244 e. The van der Waals surface area contributed by atoms with Gasteiger partial charge in [-0.25, -0.2) is 8.42 Å². The van der Waals surface area contributed by atoms with Crippen LogP contribution in [0.15, 0.2) is 77.7 Å². The van der Waals surface area contributed by atoms with Crippen molar-refractivity contribution in [3.05, 3.63) is 94.0 Å². The minimum Gasteiger partial charge on any atom is -0.507 e. The van der Waals surface area contributed by atoms with Crippen molar-refractivity contribution >= 4 is 44.9 Å². The molecule has 2 heterocycles. The molecule has 4 N–H and O–H groups in total. The van der Waals surface area contributed by atoms with E-state index >= 15 is 0 Å². The van der Waals surface area contributed by atoms with Gasteiger partial charge in [-0.05, 0) is 61.1 Å². The second-order valence-electron chi connectivity index (χ2n) is 11.4. The molecule has 9 nitrogen and oxygen atoms in total. The lowest BCUT2D eigenvalue weighted by Crippen LogP contribution is -2.55. The fraction of sp³-hybridized carbons (Fsp3) is 0.375. The molecule has 1 unspecified atom stereocenters. The van der Waals surface area contributed by atoms with E-state index < -0.39 is 39.3 Å². The SMILES string of the molecule is N[C@@H]1C[C@H]2C(=O)N([C@H](CS(=O)(=O)c3ccccc3O)C(=O)NCc3ccc(Cl)c(Cl)c3)CCC(CCc3ccccc3)N2C1. The summed E-state index contributed by atoms with van der Waals surface area (Å²) >= 11 is 12.2. The standard InChI is InChI=1S/C32H36Cl2N4O5S/c33-25-13-11-22(16-26(25)34)18-36-31(40)28(20-44(42,43)30-9-5-4-8-29(30)39)37-15-14-24(12-10-21-6-2-1-3-7-21)38-19-23(35)17-27(38)32(37)41/h1-9,11,13,16,23-24,27-28,39H,10,12,14-15,17-20,35H2,(H,36,40)/t23-,24?,27+,28-/m1/s1. The van der Waals surface area contributed by atoms with Crippen molar-refractivity contribution in [3.63, 3.8) is 0 Å². The predicted octanol–water partition coefficient (Wildman–Crippen LogP) is 3.79. The van der Waals surface area contributed by atoms with Crippen molar-refractivity contribution in [1.82, 2.24) is 15.1 Å². The number of benzene rings is 3. The Labute approximate surface area is 267 Å². The number of fused-ring (bicyclic) bond motifs is 1. The molecule has 2 fully saturated rings. The number of rotatable bonds is 10. The van der Waals surface area contributed by atoms with Gasteiger partial charge in [0.15, 0.2) is 9.84 Å². The molecule has 2 aliphatic rings. The Hall–Kier alpha value is -3.15. The number of aromatic hydroxyl groups is 1. The summed E-state index contributed by atoms with van der Waals surface area (Å²) in [4.78, 5) is 31.2. The molecule has 0 aromatic heterocycles. The van der Waals surface area contributed by atoms with Crippen molar-refractivity contribution in [2.24, 2.45) is 5.73 Å². The number of carbonyl (C=O) groups is 2. The van der Waals surface area contributed by atoms with Crippen LogP contribution in [0.2, 0.25) is 10.0 Å². The van der Waals surface area contributed by atoms with Crippen LogP contribution >= 0.6 is 23.2 Å². The highest BCUT2D eigenvalue weighted by Crippen LogP contribution is 2.31. The van der Waals surface area contributed by atoms with E-state index in [9.17, 15) is 23.1 Å².